The highest BCUT2D eigenvalue weighted by atomic mass is 35.5. The van der Waals surface area contributed by atoms with Gasteiger partial charge in [-0.2, -0.15) is 0 Å². The molecule has 4 rings (SSSR count). The van der Waals surface area contributed by atoms with Crippen LogP contribution in [0.5, 0.6) is 0 Å². The van der Waals surface area contributed by atoms with Gasteiger partial charge in [-0.25, -0.2) is 0 Å². The Kier molecular flexibility index (Phi) is 10.1. The minimum absolute atomic E-state index is 0.216. The third-order valence-electron chi connectivity index (χ3n) is 6.35. The lowest BCUT2D eigenvalue weighted by Gasteiger charge is -2.44. The highest BCUT2D eigenvalue weighted by Crippen LogP contribution is 2.27. The van der Waals surface area contributed by atoms with Gasteiger partial charge in [-0.05, 0) is 59.6 Å². The minimum Gasteiger partial charge on any atom is -0.388 e. The van der Waals surface area contributed by atoms with Crippen molar-refractivity contribution in [3.63, 3.8) is 0 Å². The fourth-order valence-electron chi connectivity index (χ4n) is 4.43. The van der Waals surface area contributed by atoms with Gasteiger partial charge in [-0.1, -0.05) is 60.1 Å². The van der Waals surface area contributed by atoms with Crippen molar-refractivity contribution >= 4 is 22.4 Å². The lowest BCUT2D eigenvalue weighted by molar-refractivity contribution is -0.283. The number of rotatable bonds is 12. The molecule has 194 valence electrons. The maximum absolute atomic E-state index is 11.2. The Hall–Kier alpha value is -2.07. The van der Waals surface area contributed by atoms with Crippen molar-refractivity contribution in [3.05, 3.63) is 82.9 Å². The van der Waals surface area contributed by atoms with E-state index in [9.17, 15) is 5.11 Å². The van der Waals surface area contributed by atoms with Crippen molar-refractivity contribution in [2.75, 3.05) is 26.8 Å². The van der Waals surface area contributed by atoms with Crippen LogP contribution in [0.4, 0.5) is 0 Å². The summed E-state index contributed by atoms with van der Waals surface area (Å²) in [5, 5.41) is 17.6. The Morgan fingerprint density at radius 2 is 1.69 bits per heavy atom. The van der Waals surface area contributed by atoms with Crippen molar-refractivity contribution in [2.45, 2.75) is 50.3 Å². The number of methoxy groups -OCH3 is 1. The third kappa shape index (κ3) is 7.03. The molecule has 0 amide bonds. The van der Waals surface area contributed by atoms with Crippen LogP contribution in [-0.4, -0.2) is 62.6 Å². The fraction of sp³-hybridized carbons (Fsp3) is 0.429. The van der Waals surface area contributed by atoms with Gasteiger partial charge in [0.15, 0.2) is 6.29 Å². The summed E-state index contributed by atoms with van der Waals surface area (Å²) in [4.78, 5) is 0. The van der Waals surface area contributed by atoms with Crippen molar-refractivity contribution in [1.82, 2.24) is 5.32 Å². The first-order valence-corrected chi connectivity index (χ1v) is 12.7. The molecule has 8 heteroatoms. The van der Waals surface area contributed by atoms with E-state index >= 15 is 0 Å². The van der Waals surface area contributed by atoms with Crippen molar-refractivity contribution in [2.24, 2.45) is 5.73 Å². The number of nitrogens with two attached hydrogens (primary N) is 1. The highest BCUT2D eigenvalue weighted by Gasteiger charge is 2.46. The molecule has 1 aliphatic heterocycles. The second-order valence-electron chi connectivity index (χ2n) is 9.01. The molecule has 1 heterocycles. The molecule has 0 spiro atoms. The predicted molar refractivity (Wildman–Crippen MR) is 141 cm³/mol. The molecule has 0 aromatic heterocycles. The van der Waals surface area contributed by atoms with Crippen molar-refractivity contribution in [3.8, 4) is 0 Å². The summed E-state index contributed by atoms with van der Waals surface area (Å²) < 4.78 is 24.1. The Morgan fingerprint density at radius 3 is 2.44 bits per heavy atom. The van der Waals surface area contributed by atoms with Crippen molar-refractivity contribution in [1.29, 1.82) is 0 Å². The van der Waals surface area contributed by atoms with Crippen LogP contribution >= 0.6 is 11.6 Å². The van der Waals surface area contributed by atoms with Crippen LogP contribution in [0, 0.1) is 0 Å². The topological polar surface area (TPSA) is 95.2 Å². The standard InChI is InChI=1S/C28H35ClN2O5/c1-33-18-24-26(32)27(34-16-19-8-11-23(29)12-9-19)25(31-14-4-13-30)28(36-24)35-17-20-7-10-21-5-2-3-6-22(21)15-20/h2-3,5-12,15,24-28,31-32H,4,13-14,16-18,30H2,1H3/t24-,25-,26-,27?,28?/m1/s1. The fourth-order valence-corrected chi connectivity index (χ4v) is 4.55. The number of benzene rings is 3. The molecule has 5 atom stereocenters. The number of fused-ring (bicyclic) bond motifs is 1. The molecule has 0 bridgehead atoms. The molecule has 1 fully saturated rings. The van der Waals surface area contributed by atoms with Gasteiger partial charge in [0.2, 0.25) is 0 Å². The molecule has 7 nitrogen and oxygen atoms in total. The lowest BCUT2D eigenvalue weighted by Crippen LogP contribution is -2.64. The summed E-state index contributed by atoms with van der Waals surface area (Å²) in [6.45, 7) is 2.07. The average Bonchev–Trinajstić information content (AvgIpc) is 2.90. The van der Waals surface area contributed by atoms with Crippen LogP contribution in [0.25, 0.3) is 10.8 Å². The second kappa shape index (κ2) is 13.5. The zero-order valence-corrected chi connectivity index (χ0v) is 21.3. The Morgan fingerprint density at radius 1 is 0.972 bits per heavy atom. The van der Waals surface area contributed by atoms with Crippen molar-refractivity contribution < 1.29 is 24.1 Å². The van der Waals surface area contributed by atoms with Crippen LogP contribution in [0.1, 0.15) is 17.5 Å². The summed E-state index contributed by atoms with van der Waals surface area (Å²) in [5.41, 5.74) is 7.71. The van der Waals surface area contributed by atoms with Gasteiger partial charge < -0.3 is 35.1 Å². The van der Waals surface area contributed by atoms with Crippen LogP contribution in [0.2, 0.25) is 5.02 Å². The number of hydrogen-bond donors (Lipinski definition) is 3. The molecule has 0 radical (unpaired) electrons. The SMILES string of the molecule is COC[C@H]1OC(OCc2ccc3ccccc3c2)[C@H](NCCCN)C(OCc2ccc(Cl)cc2)[C@@H]1O. The lowest BCUT2D eigenvalue weighted by atomic mass is 9.96. The molecule has 3 aromatic rings. The molecule has 36 heavy (non-hydrogen) atoms. The first-order valence-electron chi connectivity index (χ1n) is 12.3. The normalized spacial score (nSPS) is 24.3. The first-order chi connectivity index (χ1) is 17.6. The van der Waals surface area contributed by atoms with E-state index in [0.29, 0.717) is 31.3 Å². The zero-order chi connectivity index (χ0) is 25.3. The number of nitrogens with one attached hydrogen (secondary N) is 1. The predicted octanol–water partition coefficient (Wildman–Crippen LogP) is 3.63. The van der Waals surface area contributed by atoms with E-state index in [-0.39, 0.29) is 6.61 Å². The summed E-state index contributed by atoms with van der Waals surface area (Å²) in [5.74, 6) is 0. The van der Waals surface area contributed by atoms with Gasteiger partial charge in [0.05, 0.1) is 25.9 Å². The maximum Gasteiger partial charge on any atom is 0.176 e. The molecule has 0 saturated carbocycles. The van der Waals surface area contributed by atoms with Gasteiger partial charge in [0.1, 0.15) is 18.3 Å². The van der Waals surface area contributed by atoms with E-state index in [4.69, 9.17) is 36.3 Å². The number of ether oxygens (including phenoxy) is 4. The van der Waals surface area contributed by atoms with Gasteiger partial charge in [0.25, 0.3) is 0 Å². The zero-order valence-electron chi connectivity index (χ0n) is 20.5. The Balaban J connectivity index is 1.51. The van der Waals surface area contributed by atoms with E-state index in [1.807, 2.05) is 36.4 Å². The first kappa shape index (κ1) is 27.0. The van der Waals surface area contributed by atoms with Gasteiger partial charge in [-0.3, -0.25) is 0 Å². The molecule has 2 unspecified atom stereocenters. The van der Waals surface area contributed by atoms with Gasteiger partial charge in [-0.15, -0.1) is 0 Å². The van der Waals surface area contributed by atoms with E-state index in [1.165, 1.54) is 5.39 Å². The van der Waals surface area contributed by atoms with Crippen LogP contribution in [-0.2, 0) is 32.2 Å². The molecule has 3 aromatic carbocycles. The minimum atomic E-state index is -0.909. The van der Waals surface area contributed by atoms with E-state index in [0.717, 1.165) is 22.9 Å². The quantitative estimate of drug-likeness (QED) is 0.318. The summed E-state index contributed by atoms with van der Waals surface area (Å²) in [7, 11) is 1.58. The summed E-state index contributed by atoms with van der Waals surface area (Å²) >= 11 is 6.02. The van der Waals surface area contributed by atoms with Gasteiger partial charge in [0, 0.05) is 12.1 Å². The summed E-state index contributed by atoms with van der Waals surface area (Å²) in [6, 6.07) is 21.5. The molecule has 1 aliphatic rings. The highest BCUT2D eigenvalue weighted by molar-refractivity contribution is 6.30. The molecule has 0 aliphatic carbocycles. The van der Waals surface area contributed by atoms with E-state index < -0.39 is 30.6 Å². The Labute approximate surface area is 217 Å². The maximum atomic E-state index is 11.2. The van der Waals surface area contributed by atoms with Crippen LogP contribution < -0.4 is 11.1 Å². The van der Waals surface area contributed by atoms with E-state index in [1.54, 1.807) is 7.11 Å². The molecular formula is C28H35ClN2O5. The molecule has 4 N–H and O–H groups in total. The number of halogens is 1. The largest absolute Gasteiger partial charge is 0.388 e. The van der Waals surface area contributed by atoms with Crippen LogP contribution in [0.3, 0.4) is 0 Å². The molecular weight excluding hydrogens is 480 g/mol. The monoisotopic (exact) mass is 514 g/mol. The number of aliphatic hydroxyl groups is 1. The Bertz CT molecular complexity index is 1080. The second-order valence-corrected chi connectivity index (χ2v) is 9.44. The van der Waals surface area contributed by atoms with E-state index in [2.05, 4.69) is 35.6 Å². The molecule has 1 saturated heterocycles. The summed E-state index contributed by atoms with van der Waals surface area (Å²) in [6.07, 6.45) is -1.98. The van der Waals surface area contributed by atoms with Gasteiger partial charge >= 0.3 is 0 Å². The number of hydrogen-bond acceptors (Lipinski definition) is 7. The smallest absolute Gasteiger partial charge is 0.176 e. The average molecular weight is 515 g/mol. The van der Waals surface area contributed by atoms with Crippen LogP contribution in [0.15, 0.2) is 66.7 Å². The number of aliphatic hydroxyl groups excluding tert-OH is 1. The third-order valence-corrected chi connectivity index (χ3v) is 6.60.